The first-order chi connectivity index (χ1) is 45.1. The van der Waals surface area contributed by atoms with Gasteiger partial charge in [0.05, 0.1) is 32.0 Å². The first-order valence-corrected chi connectivity index (χ1v) is 37.1. The second-order valence-electron chi connectivity index (χ2n) is 25.7. The van der Waals surface area contributed by atoms with E-state index in [0.29, 0.717) is 12.8 Å². The van der Waals surface area contributed by atoms with Crippen LogP contribution < -0.4 is 5.32 Å². The smallest absolute Gasteiger partial charge is 0.220 e. The number of aliphatic hydroxyl groups is 8. The highest BCUT2D eigenvalue weighted by atomic mass is 16.7. The maximum absolute atomic E-state index is 13.4. The lowest BCUT2D eigenvalue weighted by atomic mass is 9.97. The van der Waals surface area contributed by atoms with E-state index in [-0.39, 0.29) is 18.9 Å². The largest absolute Gasteiger partial charge is 0.394 e. The monoisotopic (exact) mass is 1290 g/mol. The summed E-state index contributed by atoms with van der Waals surface area (Å²) in [5.74, 6) is -0.227. The summed E-state index contributed by atoms with van der Waals surface area (Å²) in [7, 11) is 0. The van der Waals surface area contributed by atoms with Gasteiger partial charge >= 0.3 is 0 Å². The third-order valence-electron chi connectivity index (χ3n) is 17.5. The molecule has 2 fully saturated rings. The molecule has 530 valence electrons. The van der Waals surface area contributed by atoms with Gasteiger partial charge in [-0.15, -0.1) is 0 Å². The molecule has 2 heterocycles. The summed E-state index contributed by atoms with van der Waals surface area (Å²) in [6.07, 6.45) is 71.0. The Kier molecular flexibility index (Phi) is 56.4. The van der Waals surface area contributed by atoms with E-state index in [1.165, 1.54) is 135 Å². The second kappa shape index (κ2) is 61.3. The van der Waals surface area contributed by atoms with Crippen molar-refractivity contribution < 1.29 is 64.6 Å². The Morgan fingerprint density at radius 1 is 0.402 bits per heavy atom. The zero-order valence-electron chi connectivity index (χ0n) is 57.8. The van der Waals surface area contributed by atoms with Crippen LogP contribution in [0.15, 0.2) is 109 Å². The van der Waals surface area contributed by atoms with E-state index < -0.39 is 86.8 Å². The number of carbonyl (C=O) groups is 1. The van der Waals surface area contributed by atoms with Crippen molar-refractivity contribution >= 4 is 5.91 Å². The highest BCUT2D eigenvalue weighted by Crippen LogP contribution is 2.30. The lowest BCUT2D eigenvalue weighted by Crippen LogP contribution is -2.65. The molecule has 0 aromatic heterocycles. The maximum atomic E-state index is 13.4. The number of amides is 1. The molecule has 14 nitrogen and oxygen atoms in total. The number of nitrogens with one attached hydrogen (secondary N) is 1. The Hall–Kier alpha value is -3.35. The van der Waals surface area contributed by atoms with Gasteiger partial charge in [0.15, 0.2) is 12.6 Å². The fourth-order valence-corrected chi connectivity index (χ4v) is 11.6. The third kappa shape index (κ3) is 44.4. The summed E-state index contributed by atoms with van der Waals surface area (Å²) >= 11 is 0. The summed E-state index contributed by atoms with van der Waals surface area (Å²) < 4.78 is 22.9. The van der Waals surface area contributed by atoms with Gasteiger partial charge in [0.1, 0.15) is 48.8 Å². The fraction of sp³-hybridized carbons (Fsp3) is 0.756. The second-order valence-corrected chi connectivity index (χ2v) is 25.7. The minimum Gasteiger partial charge on any atom is -0.394 e. The number of unbranched alkanes of at least 4 members (excludes halogenated alkanes) is 29. The molecule has 0 aromatic carbocycles. The van der Waals surface area contributed by atoms with E-state index in [1.54, 1.807) is 0 Å². The van der Waals surface area contributed by atoms with Crippen LogP contribution in [-0.2, 0) is 23.7 Å². The Morgan fingerprint density at radius 3 is 1.15 bits per heavy atom. The van der Waals surface area contributed by atoms with Crippen molar-refractivity contribution in [2.24, 2.45) is 0 Å². The molecule has 2 rings (SSSR count). The van der Waals surface area contributed by atoms with Crippen molar-refractivity contribution in [3.8, 4) is 0 Å². The van der Waals surface area contributed by atoms with E-state index in [2.05, 4.69) is 129 Å². The average molecular weight is 1290 g/mol. The van der Waals surface area contributed by atoms with Gasteiger partial charge in [0.2, 0.25) is 5.91 Å². The van der Waals surface area contributed by atoms with Gasteiger partial charge in [-0.3, -0.25) is 4.79 Å². The number of hydrogen-bond donors (Lipinski definition) is 9. The van der Waals surface area contributed by atoms with Gasteiger partial charge < -0.3 is 65.1 Å². The van der Waals surface area contributed by atoms with E-state index in [9.17, 15) is 45.6 Å². The molecule has 0 radical (unpaired) electrons. The Labute approximate surface area is 559 Å². The highest BCUT2D eigenvalue weighted by Gasteiger charge is 2.51. The van der Waals surface area contributed by atoms with Crippen LogP contribution in [0, 0.1) is 0 Å². The predicted octanol–water partition coefficient (Wildman–Crippen LogP) is 15.9. The summed E-state index contributed by atoms with van der Waals surface area (Å²) in [6.45, 7) is 2.76. The molecular weight excluding hydrogens is 1160 g/mol. The Bertz CT molecular complexity index is 1960. The van der Waals surface area contributed by atoms with Crippen molar-refractivity contribution in [2.45, 2.75) is 357 Å². The van der Waals surface area contributed by atoms with Crippen molar-refractivity contribution in [3.05, 3.63) is 109 Å². The molecule has 1 amide bonds. The average Bonchev–Trinajstić information content (AvgIpc) is 0.829. The minimum absolute atomic E-state index is 0.227. The molecule has 92 heavy (non-hydrogen) atoms. The molecule has 12 unspecified atom stereocenters. The molecule has 0 aromatic rings. The van der Waals surface area contributed by atoms with Crippen molar-refractivity contribution in [1.82, 2.24) is 5.32 Å². The number of allylic oxidation sites excluding steroid dienone is 18. The summed E-state index contributed by atoms with van der Waals surface area (Å²) in [6, 6.07) is -0.849. The van der Waals surface area contributed by atoms with Crippen LogP contribution in [0.1, 0.15) is 284 Å². The minimum atomic E-state index is -1.79. The highest BCUT2D eigenvalue weighted by molar-refractivity contribution is 5.76. The molecule has 14 heteroatoms. The molecule has 12 atom stereocenters. The molecule has 2 aliphatic heterocycles. The summed E-state index contributed by atoms with van der Waals surface area (Å²) in [4.78, 5) is 13.4. The number of aliphatic hydroxyl groups excluding tert-OH is 8. The zero-order valence-corrected chi connectivity index (χ0v) is 57.8. The molecule has 2 aliphatic rings. The topological polar surface area (TPSA) is 228 Å². The van der Waals surface area contributed by atoms with Crippen LogP contribution in [0.3, 0.4) is 0 Å². The van der Waals surface area contributed by atoms with E-state index in [0.717, 1.165) is 116 Å². The van der Waals surface area contributed by atoms with Gasteiger partial charge in [-0.05, 0) is 83.5 Å². The number of rotatable bonds is 60. The zero-order chi connectivity index (χ0) is 66.6. The van der Waals surface area contributed by atoms with Crippen LogP contribution in [-0.4, -0.2) is 140 Å². The molecule has 0 saturated carbocycles. The number of ether oxygens (including phenoxy) is 4. The van der Waals surface area contributed by atoms with E-state index in [1.807, 2.05) is 0 Å². The van der Waals surface area contributed by atoms with Crippen LogP contribution >= 0.6 is 0 Å². The number of hydrogen-bond acceptors (Lipinski definition) is 13. The standard InChI is InChI=1S/C78H135NO13/c1-3-5-7-9-11-13-15-17-19-21-23-25-27-29-30-31-32-33-34-35-36-38-40-42-44-46-48-50-52-54-56-58-60-62-70(83)79-66(65-89-77-75(88)73(86)76(69(64-81)91-77)92-78-74(87)72(85)71(84)68(63-80)90-78)67(82)61-59-57-55-53-51-49-47-45-43-41-39-37-28-26-24-22-20-18-16-14-12-10-8-6-4-2/h5,7,11,13,17,19,23,25,29-30,32-33,35-36,40,42,46,48,66-69,71-78,80-82,84-88H,3-4,6,8-10,12,14-16,18,20-22,24,26-28,31,34,37-39,41,43-45,47,49-65H2,1-2H3,(H,79,83)/b7-5-,13-11-,19-17-,25-23-,30-29-,33-32-,36-35-,42-40-,48-46-. The van der Waals surface area contributed by atoms with Crippen LogP contribution in [0.25, 0.3) is 0 Å². The van der Waals surface area contributed by atoms with Gasteiger partial charge in [-0.1, -0.05) is 303 Å². The van der Waals surface area contributed by atoms with E-state index in [4.69, 9.17) is 18.9 Å². The van der Waals surface area contributed by atoms with Gasteiger partial charge in [0, 0.05) is 6.42 Å². The van der Waals surface area contributed by atoms with Crippen molar-refractivity contribution in [2.75, 3.05) is 19.8 Å². The lowest BCUT2D eigenvalue weighted by molar-refractivity contribution is -0.359. The maximum Gasteiger partial charge on any atom is 0.220 e. The molecular formula is C78H135NO13. The van der Waals surface area contributed by atoms with Crippen molar-refractivity contribution in [1.29, 1.82) is 0 Å². The Morgan fingerprint density at radius 2 is 0.750 bits per heavy atom. The molecule has 2 saturated heterocycles. The van der Waals surface area contributed by atoms with E-state index >= 15 is 0 Å². The van der Waals surface area contributed by atoms with Gasteiger partial charge in [-0.2, -0.15) is 0 Å². The quantitative estimate of drug-likeness (QED) is 0.0204. The normalized spacial score (nSPS) is 23.3. The van der Waals surface area contributed by atoms with Crippen molar-refractivity contribution in [3.63, 3.8) is 0 Å². The lowest BCUT2D eigenvalue weighted by Gasteiger charge is -2.46. The molecule has 0 bridgehead atoms. The first-order valence-electron chi connectivity index (χ1n) is 37.1. The number of carbonyl (C=O) groups excluding carboxylic acids is 1. The first kappa shape index (κ1) is 84.7. The Balaban J connectivity index is 1.68. The summed E-state index contributed by atoms with van der Waals surface area (Å²) in [5, 5.41) is 87.7. The predicted molar refractivity (Wildman–Crippen MR) is 378 cm³/mol. The van der Waals surface area contributed by atoms with Gasteiger partial charge in [-0.25, -0.2) is 0 Å². The molecule has 9 N–H and O–H groups in total. The van der Waals surface area contributed by atoms with Gasteiger partial charge in [0.25, 0.3) is 0 Å². The van der Waals surface area contributed by atoms with Crippen LogP contribution in [0.5, 0.6) is 0 Å². The third-order valence-corrected chi connectivity index (χ3v) is 17.5. The molecule has 0 spiro atoms. The van der Waals surface area contributed by atoms with Crippen LogP contribution in [0.2, 0.25) is 0 Å². The van der Waals surface area contributed by atoms with Crippen LogP contribution in [0.4, 0.5) is 0 Å². The SMILES string of the molecule is CC/C=C\C/C=C\C/C=C\C/C=C\C/C=C\C/C=C\C/C=C\C/C=C\C/C=C\CCCCCCCC(=O)NC(COC1OC(CO)C(OC2OC(CO)C(O)C(O)C2O)C(O)C1O)C(O)CCCCCCCCCCCCCCCCCCCCCCCCCCC. The molecule has 0 aliphatic carbocycles. The summed E-state index contributed by atoms with van der Waals surface area (Å²) in [5.41, 5.74) is 0. The fourth-order valence-electron chi connectivity index (χ4n) is 11.6.